The second-order valence-corrected chi connectivity index (χ2v) is 5.92. The summed E-state index contributed by atoms with van der Waals surface area (Å²) in [5, 5.41) is 6.54. The van der Waals surface area contributed by atoms with Crippen LogP contribution in [0.3, 0.4) is 0 Å². The second kappa shape index (κ2) is 8.57. The molecule has 8 nitrogen and oxygen atoms in total. The minimum absolute atomic E-state index is 0.00344. The number of nitrogens with one attached hydrogen (secondary N) is 1. The first-order chi connectivity index (χ1) is 12.2. The topological polar surface area (TPSA) is 99.4 Å². The molecule has 1 aliphatic rings. The zero-order chi connectivity index (χ0) is 17.5. The quantitative estimate of drug-likeness (QED) is 0.818. The van der Waals surface area contributed by atoms with Gasteiger partial charge in [-0.3, -0.25) is 4.79 Å². The maximum Gasteiger partial charge on any atom is 0.254 e. The van der Waals surface area contributed by atoms with E-state index in [-0.39, 0.29) is 12.0 Å². The number of hydrogen-bond acceptors (Lipinski definition) is 7. The molecule has 134 valence electrons. The molecule has 3 rings (SSSR count). The molecule has 0 aliphatic carbocycles. The van der Waals surface area contributed by atoms with Gasteiger partial charge >= 0.3 is 0 Å². The zero-order valence-electron chi connectivity index (χ0n) is 14.2. The van der Waals surface area contributed by atoms with Gasteiger partial charge in [0.1, 0.15) is 11.9 Å². The molecule has 2 aromatic heterocycles. The van der Waals surface area contributed by atoms with Crippen LogP contribution in [0.25, 0.3) is 0 Å². The summed E-state index contributed by atoms with van der Waals surface area (Å²) in [4.78, 5) is 20.6. The molecule has 1 unspecified atom stereocenters. The summed E-state index contributed by atoms with van der Waals surface area (Å²) in [6.07, 6.45) is 7.46. The molecule has 1 aliphatic heterocycles. The Morgan fingerprint density at radius 2 is 2.20 bits per heavy atom. The Morgan fingerprint density at radius 3 is 2.88 bits per heavy atom. The highest BCUT2D eigenvalue weighted by atomic mass is 16.5. The van der Waals surface area contributed by atoms with Crippen LogP contribution in [0.1, 0.15) is 48.9 Å². The van der Waals surface area contributed by atoms with Crippen molar-refractivity contribution in [1.82, 2.24) is 20.4 Å². The molecule has 0 saturated carbocycles. The van der Waals surface area contributed by atoms with Crippen molar-refractivity contribution < 1.29 is 18.8 Å². The fraction of sp³-hybridized carbons (Fsp3) is 0.529. The third-order valence-corrected chi connectivity index (χ3v) is 4.03. The molecule has 1 N–H and O–H groups in total. The third-order valence-electron chi connectivity index (χ3n) is 4.03. The highest BCUT2D eigenvalue weighted by Gasteiger charge is 2.18. The maximum absolute atomic E-state index is 11.9. The van der Waals surface area contributed by atoms with E-state index >= 15 is 0 Å². The van der Waals surface area contributed by atoms with Crippen LogP contribution in [0.2, 0.25) is 0 Å². The highest BCUT2D eigenvalue weighted by Crippen LogP contribution is 2.24. The van der Waals surface area contributed by atoms with Crippen molar-refractivity contribution in [2.24, 2.45) is 0 Å². The Hall–Kier alpha value is -2.48. The second-order valence-electron chi connectivity index (χ2n) is 5.92. The maximum atomic E-state index is 11.9. The van der Waals surface area contributed by atoms with Crippen LogP contribution in [0, 0.1) is 0 Å². The van der Waals surface area contributed by atoms with Crippen molar-refractivity contribution >= 4 is 5.91 Å². The van der Waals surface area contributed by atoms with Gasteiger partial charge in [0.25, 0.3) is 5.88 Å². The normalized spacial score (nSPS) is 17.2. The molecule has 1 fully saturated rings. The third kappa shape index (κ3) is 4.99. The van der Waals surface area contributed by atoms with Crippen LogP contribution in [0.5, 0.6) is 5.88 Å². The van der Waals surface area contributed by atoms with E-state index in [0.29, 0.717) is 36.9 Å². The Labute approximate surface area is 145 Å². The van der Waals surface area contributed by atoms with Gasteiger partial charge in [-0.15, -0.1) is 0 Å². The van der Waals surface area contributed by atoms with E-state index in [4.69, 9.17) is 14.0 Å². The number of ether oxygens (including phenoxy) is 2. The number of aryl methyl sites for hydroxylation is 1. The first-order valence-electron chi connectivity index (χ1n) is 8.43. The van der Waals surface area contributed by atoms with Crippen LogP contribution >= 0.6 is 0 Å². The Bertz CT molecular complexity index is 680. The van der Waals surface area contributed by atoms with Crippen LogP contribution in [0.4, 0.5) is 0 Å². The number of amides is 1. The standard InChI is InChI=1S/C17H22N4O4/c1-23-16-8-13(25-21-16)5-6-15(22)18-9-12-10-19-17(20-11-12)14-4-2-3-7-24-14/h8,10-11,14H,2-7,9H2,1H3,(H,18,22). The summed E-state index contributed by atoms with van der Waals surface area (Å²) in [6.45, 7) is 1.16. The Balaban J connectivity index is 1.42. The number of methoxy groups -OCH3 is 1. The van der Waals surface area contributed by atoms with Crippen molar-refractivity contribution in [2.45, 2.75) is 44.8 Å². The number of hydrogen-bond donors (Lipinski definition) is 1. The largest absolute Gasteiger partial charge is 0.479 e. The van der Waals surface area contributed by atoms with E-state index in [0.717, 1.165) is 31.4 Å². The van der Waals surface area contributed by atoms with Crippen LogP contribution in [-0.2, 0) is 22.5 Å². The van der Waals surface area contributed by atoms with Crippen molar-refractivity contribution in [1.29, 1.82) is 0 Å². The zero-order valence-corrected chi connectivity index (χ0v) is 14.2. The van der Waals surface area contributed by atoms with Crippen molar-refractivity contribution in [3.8, 4) is 5.88 Å². The summed E-state index contributed by atoms with van der Waals surface area (Å²) in [7, 11) is 1.52. The Kier molecular flexibility index (Phi) is 5.95. The predicted octanol–water partition coefficient (Wildman–Crippen LogP) is 1.96. The summed E-state index contributed by atoms with van der Waals surface area (Å²) >= 11 is 0. The Morgan fingerprint density at radius 1 is 1.36 bits per heavy atom. The van der Waals surface area contributed by atoms with E-state index < -0.39 is 0 Å². The molecule has 2 aromatic rings. The van der Waals surface area contributed by atoms with Gasteiger partial charge in [-0.1, -0.05) is 0 Å². The molecule has 1 saturated heterocycles. The molecule has 0 aromatic carbocycles. The summed E-state index contributed by atoms with van der Waals surface area (Å²) in [5.41, 5.74) is 0.856. The van der Waals surface area contributed by atoms with Gasteiger partial charge < -0.3 is 19.3 Å². The molecule has 0 bridgehead atoms. The number of nitrogens with zero attached hydrogens (tertiary/aromatic N) is 3. The van der Waals surface area contributed by atoms with Gasteiger partial charge in [0, 0.05) is 50.0 Å². The molecule has 0 radical (unpaired) electrons. The lowest BCUT2D eigenvalue weighted by molar-refractivity contribution is -0.121. The van der Waals surface area contributed by atoms with Crippen molar-refractivity contribution in [2.75, 3.05) is 13.7 Å². The average molecular weight is 346 g/mol. The number of aromatic nitrogens is 3. The molecule has 1 atom stereocenters. The van der Waals surface area contributed by atoms with E-state index in [1.54, 1.807) is 18.5 Å². The van der Waals surface area contributed by atoms with Crippen LogP contribution in [-0.4, -0.2) is 34.7 Å². The molecule has 8 heteroatoms. The van der Waals surface area contributed by atoms with Crippen LogP contribution in [0.15, 0.2) is 23.0 Å². The first kappa shape index (κ1) is 17.3. The lowest BCUT2D eigenvalue weighted by atomic mass is 10.1. The van der Waals surface area contributed by atoms with Crippen molar-refractivity contribution in [3.05, 3.63) is 35.6 Å². The summed E-state index contributed by atoms with van der Waals surface area (Å²) in [5.74, 6) is 1.67. The minimum Gasteiger partial charge on any atom is -0.479 e. The molecule has 3 heterocycles. The van der Waals surface area contributed by atoms with Gasteiger partial charge in [-0.2, -0.15) is 0 Å². The highest BCUT2D eigenvalue weighted by molar-refractivity contribution is 5.76. The van der Waals surface area contributed by atoms with E-state index in [1.165, 1.54) is 7.11 Å². The van der Waals surface area contributed by atoms with Crippen LogP contribution < -0.4 is 10.1 Å². The predicted molar refractivity (Wildman–Crippen MR) is 87.8 cm³/mol. The van der Waals surface area contributed by atoms with E-state index in [9.17, 15) is 4.79 Å². The van der Waals surface area contributed by atoms with Gasteiger partial charge in [0.15, 0.2) is 5.82 Å². The number of carbonyl (C=O) groups is 1. The smallest absolute Gasteiger partial charge is 0.254 e. The first-order valence-corrected chi connectivity index (χ1v) is 8.43. The fourth-order valence-electron chi connectivity index (χ4n) is 2.60. The summed E-state index contributed by atoms with van der Waals surface area (Å²) < 4.78 is 15.7. The number of carbonyl (C=O) groups excluding carboxylic acids is 1. The molecular weight excluding hydrogens is 324 g/mol. The van der Waals surface area contributed by atoms with E-state index in [1.807, 2.05) is 0 Å². The fourth-order valence-corrected chi connectivity index (χ4v) is 2.60. The van der Waals surface area contributed by atoms with Crippen molar-refractivity contribution in [3.63, 3.8) is 0 Å². The van der Waals surface area contributed by atoms with Gasteiger partial charge in [0.05, 0.1) is 7.11 Å². The molecular formula is C17H22N4O4. The lowest BCUT2D eigenvalue weighted by Gasteiger charge is -2.21. The number of rotatable bonds is 7. The lowest BCUT2D eigenvalue weighted by Crippen LogP contribution is -2.23. The van der Waals surface area contributed by atoms with Gasteiger partial charge in [0.2, 0.25) is 5.91 Å². The molecule has 25 heavy (non-hydrogen) atoms. The molecule has 1 amide bonds. The molecule has 0 spiro atoms. The van der Waals surface area contributed by atoms with E-state index in [2.05, 4.69) is 20.4 Å². The monoisotopic (exact) mass is 346 g/mol. The summed E-state index contributed by atoms with van der Waals surface area (Å²) in [6, 6.07) is 1.67. The minimum atomic E-state index is -0.0740. The van der Waals surface area contributed by atoms with Gasteiger partial charge in [-0.25, -0.2) is 9.97 Å². The van der Waals surface area contributed by atoms with Gasteiger partial charge in [-0.05, 0) is 24.4 Å². The average Bonchev–Trinajstić information content (AvgIpc) is 3.14. The SMILES string of the molecule is COc1cc(CCC(=O)NCc2cnc(C3CCCCO3)nc2)on1.